The van der Waals surface area contributed by atoms with Crippen LogP contribution in [0.3, 0.4) is 0 Å². The first-order valence-electron chi connectivity index (χ1n) is 11.1. The SMILES string of the molecule is CC(C)(C)N.CCC[C@H](N[C@@H](C)C(=O)N1[C@H](C(=O)O)C[C@@H]2CCCC[C@@H]21)C(=O)OC. The van der Waals surface area contributed by atoms with Crippen LogP contribution in [0.4, 0.5) is 0 Å². The lowest BCUT2D eigenvalue weighted by Crippen LogP contribution is -2.55. The van der Waals surface area contributed by atoms with E-state index < -0.39 is 30.1 Å². The first-order valence-corrected chi connectivity index (χ1v) is 11.1. The van der Waals surface area contributed by atoms with Gasteiger partial charge in [0, 0.05) is 11.6 Å². The van der Waals surface area contributed by atoms with Gasteiger partial charge in [0.05, 0.1) is 13.2 Å². The third-order valence-electron chi connectivity index (χ3n) is 5.51. The minimum Gasteiger partial charge on any atom is -0.480 e. The zero-order chi connectivity index (χ0) is 23.1. The fourth-order valence-electron chi connectivity index (χ4n) is 4.29. The first kappa shape index (κ1) is 26.4. The molecule has 8 nitrogen and oxygen atoms in total. The molecular formula is C22H41N3O5. The minimum atomic E-state index is -0.937. The summed E-state index contributed by atoms with van der Waals surface area (Å²) in [4.78, 5) is 38.1. The van der Waals surface area contributed by atoms with Crippen LogP contribution >= 0.6 is 0 Å². The molecule has 2 fully saturated rings. The number of carbonyl (C=O) groups excluding carboxylic acids is 2. The molecule has 0 radical (unpaired) electrons. The summed E-state index contributed by atoms with van der Waals surface area (Å²) in [5.41, 5.74) is 5.35. The molecule has 174 valence electrons. The summed E-state index contributed by atoms with van der Waals surface area (Å²) in [6, 6.07) is -1.93. The van der Waals surface area contributed by atoms with Crippen LogP contribution in [-0.4, -0.2) is 64.7 Å². The van der Waals surface area contributed by atoms with Gasteiger partial charge >= 0.3 is 11.9 Å². The molecule has 2 aliphatic rings. The predicted molar refractivity (Wildman–Crippen MR) is 116 cm³/mol. The van der Waals surface area contributed by atoms with E-state index in [2.05, 4.69) is 5.32 Å². The Bertz CT molecular complexity index is 584. The van der Waals surface area contributed by atoms with Gasteiger partial charge in [0.15, 0.2) is 0 Å². The topological polar surface area (TPSA) is 122 Å². The van der Waals surface area contributed by atoms with Crippen LogP contribution in [-0.2, 0) is 19.1 Å². The average molecular weight is 428 g/mol. The van der Waals surface area contributed by atoms with E-state index in [0.717, 1.165) is 32.1 Å². The van der Waals surface area contributed by atoms with Crippen molar-refractivity contribution in [3.05, 3.63) is 0 Å². The van der Waals surface area contributed by atoms with Gasteiger partial charge in [0.2, 0.25) is 5.91 Å². The molecule has 0 aromatic carbocycles. The molecule has 30 heavy (non-hydrogen) atoms. The summed E-state index contributed by atoms with van der Waals surface area (Å²) < 4.78 is 4.80. The lowest BCUT2D eigenvalue weighted by Gasteiger charge is -2.35. The van der Waals surface area contributed by atoms with Crippen molar-refractivity contribution in [2.45, 2.75) is 109 Å². The Morgan fingerprint density at radius 2 is 1.80 bits per heavy atom. The van der Waals surface area contributed by atoms with Crippen molar-refractivity contribution < 1.29 is 24.2 Å². The maximum atomic E-state index is 13.0. The Morgan fingerprint density at radius 1 is 1.23 bits per heavy atom. The number of aliphatic carboxylic acids is 1. The normalized spacial score (nSPS) is 25.4. The first-order chi connectivity index (χ1) is 13.9. The molecule has 1 aliphatic carbocycles. The molecule has 0 aromatic heterocycles. The number of likely N-dealkylation sites (tertiary alicyclic amines) is 1. The molecule has 4 N–H and O–H groups in total. The van der Waals surface area contributed by atoms with Gasteiger partial charge in [-0.25, -0.2) is 4.79 Å². The molecule has 1 heterocycles. The van der Waals surface area contributed by atoms with E-state index in [1.165, 1.54) is 7.11 Å². The average Bonchev–Trinajstić information content (AvgIpc) is 3.04. The van der Waals surface area contributed by atoms with Crippen LogP contribution in [0.5, 0.6) is 0 Å². The standard InChI is InChI=1S/C18H30N2O5.C4H11N/c1-4-7-13(18(24)25-3)19-11(2)16(21)20-14-9-6-5-8-12(14)10-15(20)17(22)23;1-4(2,3)5/h11-15,19H,4-10H2,1-3H3,(H,22,23);5H2,1-3H3/t11-,12-,13-,14-,15-;/m0./s1. The number of carboxylic acids is 1. The molecular weight excluding hydrogens is 386 g/mol. The van der Waals surface area contributed by atoms with Crippen molar-refractivity contribution in [2.75, 3.05) is 7.11 Å². The van der Waals surface area contributed by atoms with Crippen LogP contribution in [0.25, 0.3) is 0 Å². The third kappa shape index (κ3) is 7.87. The number of rotatable bonds is 7. The van der Waals surface area contributed by atoms with Gasteiger partial charge in [-0.1, -0.05) is 26.2 Å². The number of carbonyl (C=O) groups is 3. The summed E-state index contributed by atoms with van der Waals surface area (Å²) in [6.07, 6.45) is 5.86. The van der Waals surface area contributed by atoms with E-state index in [-0.39, 0.29) is 23.4 Å². The van der Waals surface area contributed by atoms with Crippen LogP contribution in [0.2, 0.25) is 0 Å². The Labute approximate surface area is 180 Å². The van der Waals surface area contributed by atoms with E-state index in [4.69, 9.17) is 10.5 Å². The summed E-state index contributed by atoms with van der Waals surface area (Å²) in [6.45, 7) is 9.55. The molecule has 8 heteroatoms. The predicted octanol–water partition coefficient (Wildman–Crippen LogP) is 2.29. The molecule has 0 bridgehead atoms. The van der Waals surface area contributed by atoms with Crippen molar-refractivity contribution in [2.24, 2.45) is 11.7 Å². The highest BCUT2D eigenvalue weighted by atomic mass is 16.5. The molecule has 5 atom stereocenters. The summed E-state index contributed by atoms with van der Waals surface area (Å²) in [5, 5.41) is 12.6. The number of carboxylic acid groups (broad SMARTS) is 1. The van der Waals surface area contributed by atoms with E-state index in [1.807, 2.05) is 27.7 Å². The van der Waals surface area contributed by atoms with Crippen LogP contribution < -0.4 is 11.1 Å². The lowest BCUT2D eigenvalue weighted by atomic mass is 9.84. The molecule has 0 unspecified atom stereocenters. The summed E-state index contributed by atoms with van der Waals surface area (Å²) >= 11 is 0. The number of nitrogens with one attached hydrogen (secondary N) is 1. The number of esters is 1. The maximum absolute atomic E-state index is 13.0. The van der Waals surface area contributed by atoms with Crippen molar-refractivity contribution >= 4 is 17.8 Å². The number of hydrogen-bond acceptors (Lipinski definition) is 6. The number of nitrogens with two attached hydrogens (primary N) is 1. The van der Waals surface area contributed by atoms with Crippen molar-refractivity contribution in [1.82, 2.24) is 10.2 Å². The van der Waals surface area contributed by atoms with E-state index >= 15 is 0 Å². The van der Waals surface area contributed by atoms with Gasteiger partial charge < -0.3 is 20.5 Å². The molecule has 1 aliphatic heterocycles. The Hall–Kier alpha value is -1.67. The number of amides is 1. The van der Waals surface area contributed by atoms with Gasteiger partial charge in [0.25, 0.3) is 0 Å². The molecule has 0 spiro atoms. The van der Waals surface area contributed by atoms with Crippen LogP contribution in [0.1, 0.15) is 79.6 Å². The fraction of sp³-hybridized carbons (Fsp3) is 0.864. The Balaban J connectivity index is 0.000000804. The van der Waals surface area contributed by atoms with Gasteiger partial charge in [-0.05, 0) is 59.3 Å². The fourth-order valence-corrected chi connectivity index (χ4v) is 4.29. The molecule has 1 saturated carbocycles. The number of methoxy groups -OCH3 is 1. The zero-order valence-electron chi connectivity index (χ0n) is 19.4. The van der Waals surface area contributed by atoms with E-state index in [0.29, 0.717) is 12.8 Å². The Morgan fingerprint density at radius 3 is 2.30 bits per heavy atom. The highest BCUT2D eigenvalue weighted by molar-refractivity contribution is 5.88. The quantitative estimate of drug-likeness (QED) is 0.533. The van der Waals surface area contributed by atoms with Gasteiger partial charge in [-0.15, -0.1) is 0 Å². The smallest absolute Gasteiger partial charge is 0.326 e. The van der Waals surface area contributed by atoms with E-state index in [1.54, 1.807) is 11.8 Å². The molecule has 0 aromatic rings. The van der Waals surface area contributed by atoms with Crippen molar-refractivity contribution in [3.63, 3.8) is 0 Å². The van der Waals surface area contributed by atoms with Gasteiger partial charge in [0.1, 0.15) is 12.1 Å². The number of ether oxygens (including phenoxy) is 1. The number of fused-ring (bicyclic) bond motifs is 1. The van der Waals surface area contributed by atoms with Crippen molar-refractivity contribution in [3.8, 4) is 0 Å². The van der Waals surface area contributed by atoms with Crippen LogP contribution in [0.15, 0.2) is 0 Å². The second-order valence-corrected chi connectivity index (χ2v) is 9.57. The van der Waals surface area contributed by atoms with Gasteiger partial charge in [-0.3, -0.25) is 14.9 Å². The van der Waals surface area contributed by atoms with Crippen LogP contribution in [0, 0.1) is 5.92 Å². The maximum Gasteiger partial charge on any atom is 0.326 e. The third-order valence-corrected chi connectivity index (χ3v) is 5.51. The largest absolute Gasteiger partial charge is 0.480 e. The van der Waals surface area contributed by atoms with E-state index in [9.17, 15) is 19.5 Å². The minimum absolute atomic E-state index is 0. The summed E-state index contributed by atoms with van der Waals surface area (Å²) in [7, 11) is 1.33. The number of nitrogens with zero attached hydrogens (tertiary/aromatic N) is 1. The second kappa shape index (κ2) is 11.6. The second-order valence-electron chi connectivity index (χ2n) is 9.57. The zero-order valence-corrected chi connectivity index (χ0v) is 19.4. The molecule has 1 amide bonds. The monoisotopic (exact) mass is 427 g/mol. The molecule has 1 saturated heterocycles. The number of hydrogen-bond donors (Lipinski definition) is 3. The highest BCUT2D eigenvalue weighted by Crippen LogP contribution is 2.40. The summed E-state index contributed by atoms with van der Waals surface area (Å²) in [5.74, 6) is -1.29. The highest BCUT2D eigenvalue weighted by Gasteiger charge is 2.48. The lowest BCUT2D eigenvalue weighted by molar-refractivity contribution is -0.151. The van der Waals surface area contributed by atoms with Crippen molar-refractivity contribution in [1.29, 1.82) is 0 Å². The Kier molecular flexibility index (Phi) is 10.2. The van der Waals surface area contributed by atoms with Gasteiger partial charge in [-0.2, -0.15) is 0 Å². The molecule has 2 rings (SSSR count).